The van der Waals surface area contributed by atoms with Gasteiger partial charge in [-0.3, -0.25) is 14.6 Å². The molecule has 1 aliphatic rings. The zero-order valence-electron chi connectivity index (χ0n) is 7.71. The summed E-state index contributed by atoms with van der Waals surface area (Å²) in [6.07, 6.45) is 6.08. The maximum absolute atomic E-state index is 11.9. The van der Waals surface area contributed by atoms with Crippen molar-refractivity contribution in [1.29, 1.82) is 0 Å². The largest absolute Gasteiger partial charge is 0.460 e. The lowest BCUT2D eigenvalue weighted by Crippen LogP contribution is -2.50. The van der Waals surface area contributed by atoms with E-state index in [0.717, 1.165) is 0 Å². The highest BCUT2D eigenvalue weighted by molar-refractivity contribution is 6.11. The van der Waals surface area contributed by atoms with Crippen molar-refractivity contribution in [2.75, 3.05) is 0 Å². The summed E-state index contributed by atoms with van der Waals surface area (Å²) >= 11 is 0. The number of aromatic nitrogens is 1. The number of ketones is 1. The minimum absolute atomic E-state index is 0.369. The van der Waals surface area contributed by atoms with Crippen LogP contribution in [-0.2, 0) is 9.53 Å². The normalized spacial score (nSPS) is 22.9. The molecule has 2 heterocycles. The molecule has 5 heteroatoms. The highest BCUT2D eigenvalue weighted by atomic mass is 16.5. The van der Waals surface area contributed by atoms with Crippen LogP contribution >= 0.6 is 0 Å². The molecule has 1 N–H and O–H groups in total. The van der Waals surface area contributed by atoms with Crippen LogP contribution in [0, 0.1) is 0 Å². The lowest BCUT2D eigenvalue weighted by Gasteiger charge is -2.20. The Labute approximate surface area is 85.8 Å². The third kappa shape index (κ3) is 1.48. The summed E-state index contributed by atoms with van der Waals surface area (Å²) < 4.78 is 4.98. The minimum Gasteiger partial charge on any atom is -0.460 e. The van der Waals surface area contributed by atoms with Crippen LogP contribution in [0.15, 0.2) is 37.0 Å². The first kappa shape index (κ1) is 9.39. The number of carbonyl (C=O) groups excluding carboxylic acids is 2. The number of nitrogens with zero attached hydrogens (tertiary/aromatic N) is 1. The summed E-state index contributed by atoms with van der Waals surface area (Å²) in [5.74, 6) is -0.440. The molecule has 1 aromatic heterocycles. The molecule has 76 valence electrons. The average molecular weight is 204 g/mol. The van der Waals surface area contributed by atoms with Gasteiger partial charge in [-0.1, -0.05) is 0 Å². The van der Waals surface area contributed by atoms with Crippen LogP contribution in [0.25, 0.3) is 0 Å². The van der Waals surface area contributed by atoms with Crippen LogP contribution in [0.5, 0.6) is 0 Å². The molecule has 5 nitrogen and oxygen atoms in total. The predicted molar refractivity (Wildman–Crippen MR) is 50.7 cm³/mol. The minimum atomic E-state index is -1.61. The van der Waals surface area contributed by atoms with Gasteiger partial charge in [-0.2, -0.15) is 0 Å². The molecule has 0 radical (unpaired) electrons. The molecule has 2 rings (SSSR count). The number of nitrogens with one attached hydrogen (secondary N) is 1. The van der Waals surface area contributed by atoms with Crippen molar-refractivity contribution in [3.63, 3.8) is 0 Å². The first-order valence-corrected chi connectivity index (χ1v) is 4.30. The van der Waals surface area contributed by atoms with Crippen LogP contribution < -0.4 is 5.32 Å². The molecule has 0 saturated carbocycles. The van der Waals surface area contributed by atoms with E-state index in [0.29, 0.717) is 11.8 Å². The van der Waals surface area contributed by atoms with Crippen molar-refractivity contribution in [2.24, 2.45) is 0 Å². The maximum Gasteiger partial charge on any atom is 0.300 e. The number of carbonyl (C=O) groups is 2. The topological polar surface area (TPSA) is 68.3 Å². The second kappa shape index (κ2) is 3.53. The van der Waals surface area contributed by atoms with Crippen molar-refractivity contribution in [3.8, 4) is 0 Å². The van der Waals surface area contributed by atoms with Gasteiger partial charge in [0.15, 0.2) is 6.29 Å². The summed E-state index contributed by atoms with van der Waals surface area (Å²) in [5, 5.41) is 2.58. The van der Waals surface area contributed by atoms with Crippen LogP contribution in [-0.4, -0.2) is 22.8 Å². The Kier molecular flexibility index (Phi) is 2.21. The number of hydrogen-bond acceptors (Lipinski definition) is 5. The zero-order valence-corrected chi connectivity index (χ0v) is 7.71. The van der Waals surface area contributed by atoms with Gasteiger partial charge in [-0.05, 0) is 12.1 Å². The van der Waals surface area contributed by atoms with Gasteiger partial charge in [0.05, 0.1) is 0 Å². The van der Waals surface area contributed by atoms with E-state index >= 15 is 0 Å². The standard InChI is InChI=1S/C10H8N2O3/c13-7-10(12-5-6-15-10)9(14)8-1-3-11-4-2-8/h1-7,12H. The quantitative estimate of drug-likeness (QED) is 0.434. The molecule has 1 unspecified atom stereocenters. The monoisotopic (exact) mass is 204 g/mol. The lowest BCUT2D eigenvalue weighted by molar-refractivity contribution is -0.120. The molecular formula is C10H8N2O3. The van der Waals surface area contributed by atoms with E-state index in [1.165, 1.54) is 37.0 Å². The third-order valence-electron chi connectivity index (χ3n) is 2.07. The van der Waals surface area contributed by atoms with Crippen LogP contribution in [0.4, 0.5) is 0 Å². The molecule has 0 amide bonds. The first-order chi connectivity index (χ1) is 7.28. The molecule has 0 bridgehead atoms. The second-order valence-corrected chi connectivity index (χ2v) is 2.98. The Hall–Kier alpha value is -2.17. The van der Waals surface area contributed by atoms with E-state index in [9.17, 15) is 9.59 Å². The molecule has 0 aliphatic carbocycles. The van der Waals surface area contributed by atoms with Crippen LogP contribution in [0.1, 0.15) is 10.4 Å². The van der Waals surface area contributed by atoms with E-state index in [1.807, 2.05) is 0 Å². The van der Waals surface area contributed by atoms with Crippen molar-refractivity contribution < 1.29 is 14.3 Å². The molecule has 0 spiro atoms. The summed E-state index contributed by atoms with van der Waals surface area (Å²) in [6.45, 7) is 0. The number of pyridine rings is 1. The highest BCUT2D eigenvalue weighted by Crippen LogP contribution is 2.17. The smallest absolute Gasteiger partial charge is 0.300 e. The summed E-state index contributed by atoms with van der Waals surface area (Å²) in [4.78, 5) is 26.6. The fourth-order valence-corrected chi connectivity index (χ4v) is 1.29. The summed E-state index contributed by atoms with van der Waals surface area (Å²) in [6, 6.07) is 3.05. The Morgan fingerprint density at radius 2 is 2.20 bits per heavy atom. The van der Waals surface area contributed by atoms with E-state index in [2.05, 4.69) is 10.3 Å². The van der Waals surface area contributed by atoms with Crippen molar-refractivity contribution in [2.45, 2.75) is 5.72 Å². The fourth-order valence-electron chi connectivity index (χ4n) is 1.29. The maximum atomic E-state index is 11.9. The molecule has 0 saturated heterocycles. The predicted octanol–water partition coefficient (Wildman–Crippen LogP) is 0.251. The van der Waals surface area contributed by atoms with Crippen LogP contribution in [0.2, 0.25) is 0 Å². The number of hydrogen-bond donors (Lipinski definition) is 1. The summed E-state index contributed by atoms with van der Waals surface area (Å²) in [5.41, 5.74) is -1.24. The molecule has 1 aliphatic heterocycles. The number of ether oxygens (including phenoxy) is 1. The van der Waals surface area contributed by atoms with Crippen molar-refractivity contribution >= 4 is 12.1 Å². The van der Waals surface area contributed by atoms with Gasteiger partial charge in [0.1, 0.15) is 6.26 Å². The average Bonchev–Trinajstić information content (AvgIpc) is 2.79. The van der Waals surface area contributed by atoms with E-state index in [-0.39, 0.29) is 0 Å². The molecular weight excluding hydrogens is 196 g/mol. The van der Waals surface area contributed by atoms with Crippen molar-refractivity contribution in [3.05, 3.63) is 42.6 Å². The third-order valence-corrected chi connectivity index (χ3v) is 2.07. The SMILES string of the molecule is O=CC1(C(=O)c2ccncc2)NC=CO1. The highest BCUT2D eigenvalue weighted by Gasteiger charge is 2.42. The van der Waals surface area contributed by atoms with E-state index < -0.39 is 11.5 Å². The molecule has 0 aromatic carbocycles. The van der Waals surface area contributed by atoms with Gasteiger partial charge in [-0.15, -0.1) is 0 Å². The molecule has 0 fully saturated rings. The van der Waals surface area contributed by atoms with E-state index in [4.69, 9.17) is 4.74 Å². The lowest BCUT2D eigenvalue weighted by atomic mass is 10.0. The second-order valence-electron chi connectivity index (χ2n) is 2.98. The molecule has 1 atom stereocenters. The van der Waals surface area contributed by atoms with Gasteiger partial charge in [0.25, 0.3) is 5.72 Å². The Morgan fingerprint density at radius 3 is 2.73 bits per heavy atom. The Morgan fingerprint density at radius 1 is 1.47 bits per heavy atom. The first-order valence-electron chi connectivity index (χ1n) is 4.30. The van der Waals surface area contributed by atoms with Gasteiger partial charge < -0.3 is 10.1 Å². The molecule has 15 heavy (non-hydrogen) atoms. The Balaban J connectivity index is 2.31. The fraction of sp³-hybridized carbons (Fsp3) is 0.100. The van der Waals surface area contributed by atoms with Gasteiger partial charge >= 0.3 is 0 Å². The van der Waals surface area contributed by atoms with Gasteiger partial charge in [0, 0.05) is 24.2 Å². The Bertz CT molecular complexity index is 406. The number of Topliss-reactive ketones (excluding diaryl/α,β-unsaturated/α-hetero) is 1. The number of aldehydes is 1. The van der Waals surface area contributed by atoms with Gasteiger partial charge in [0.2, 0.25) is 5.78 Å². The van der Waals surface area contributed by atoms with Crippen LogP contribution in [0.3, 0.4) is 0 Å². The molecule has 1 aromatic rings. The zero-order chi connectivity index (χ0) is 10.7. The summed E-state index contributed by atoms with van der Waals surface area (Å²) in [7, 11) is 0. The number of rotatable bonds is 3. The van der Waals surface area contributed by atoms with Gasteiger partial charge in [-0.25, -0.2) is 0 Å². The van der Waals surface area contributed by atoms with Crippen molar-refractivity contribution in [1.82, 2.24) is 10.3 Å². The van der Waals surface area contributed by atoms with E-state index in [1.54, 1.807) is 0 Å².